The molecule has 0 unspecified atom stereocenters. The van der Waals surface area contributed by atoms with Crippen LogP contribution in [0.15, 0.2) is 23.8 Å². The normalized spacial score (nSPS) is 12.5. The Labute approximate surface area is 108 Å². The highest BCUT2D eigenvalue weighted by Gasteiger charge is 2.27. The molecule has 0 aromatic rings. The van der Waals surface area contributed by atoms with Crippen molar-refractivity contribution in [1.29, 1.82) is 0 Å². The first kappa shape index (κ1) is 16.8. The molecule has 0 aromatic carbocycles. The number of rotatable bonds is 10. The molecule has 0 spiro atoms. The second-order valence-corrected chi connectivity index (χ2v) is 5.54. The number of hydrogen-bond acceptors (Lipinski definition) is 5. The summed E-state index contributed by atoms with van der Waals surface area (Å²) in [5.41, 5.74) is 0. The third kappa shape index (κ3) is 7.66. The van der Waals surface area contributed by atoms with Crippen LogP contribution in [0.5, 0.6) is 0 Å². The van der Waals surface area contributed by atoms with E-state index in [9.17, 15) is 4.57 Å². The lowest BCUT2D eigenvalue weighted by Crippen LogP contribution is -1.99. The zero-order valence-electron chi connectivity index (χ0n) is 10.7. The van der Waals surface area contributed by atoms with E-state index in [0.29, 0.717) is 5.76 Å². The summed E-state index contributed by atoms with van der Waals surface area (Å²) in [4.78, 5) is 0. The SMILES string of the molecule is C=C/C(=C/SCCC)OP(=O)(OCC)OCC. The highest BCUT2D eigenvalue weighted by atomic mass is 32.2. The van der Waals surface area contributed by atoms with Crippen molar-refractivity contribution >= 4 is 19.6 Å². The smallest absolute Gasteiger partial charge is 0.403 e. The summed E-state index contributed by atoms with van der Waals surface area (Å²) < 4.78 is 27.3. The summed E-state index contributed by atoms with van der Waals surface area (Å²) in [7, 11) is -3.49. The van der Waals surface area contributed by atoms with E-state index in [1.165, 1.54) is 6.08 Å². The summed E-state index contributed by atoms with van der Waals surface area (Å²) in [5, 5.41) is 1.77. The molecule has 0 aliphatic heterocycles. The lowest BCUT2D eigenvalue weighted by molar-refractivity contribution is 0.148. The number of hydrogen-bond donors (Lipinski definition) is 0. The molecule has 0 bridgehead atoms. The predicted octanol–water partition coefficient (Wildman–Crippen LogP) is 4.35. The van der Waals surface area contributed by atoms with Gasteiger partial charge in [-0.05, 0) is 32.1 Å². The van der Waals surface area contributed by atoms with Gasteiger partial charge in [-0.25, -0.2) is 4.57 Å². The number of allylic oxidation sites excluding steroid dienone is 1. The average Bonchev–Trinajstić information content (AvgIpc) is 2.28. The Morgan fingerprint density at radius 2 is 1.88 bits per heavy atom. The van der Waals surface area contributed by atoms with Gasteiger partial charge < -0.3 is 4.52 Å². The van der Waals surface area contributed by atoms with E-state index < -0.39 is 7.82 Å². The molecule has 0 rings (SSSR count). The fourth-order valence-electron chi connectivity index (χ4n) is 0.901. The average molecular weight is 280 g/mol. The quantitative estimate of drug-likeness (QED) is 0.257. The van der Waals surface area contributed by atoms with Crippen LogP contribution in [0.1, 0.15) is 27.2 Å². The van der Waals surface area contributed by atoms with E-state index in [1.54, 1.807) is 31.0 Å². The molecule has 4 nitrogen and oxygen atoms in total. The second-order valence-electron chi connectivity index (χ2n) is 2.97. The zero-order valence-corrected chi connectivity index (χ0v) is 12.4. The van der Waals surface area contributed by atoms with Crippen LogP contribution in [0.3, 0.4) is 0 Å². The Morgan fingerprint density at radius 3 is 2.29 bits per heavy atom. The highest BCUT2D eigenvalue weighted by molar-refractivity contribution is 8.02. The van der Waals surface area contributed by atoms with E-state index in [0.717, 1.165) is 12.2 Å². The third-order valence-electron chi connectivity index (χ3n) is 1.51. The second kappa shape index (κ2) is 9.77. The van der Waals surface area contributed by atoms with Crippen molar-refractivity contribution in [1.82, 2.24) is 0 Å². The van der Waals surface area contributed by atoms with Crippen molar-refractivity contribution in [3.63, 3.8) is 0 Å². The van der Waals surface area contributed by atoms with Crippen LogP contribution in [0.4, 0.5) is 0 Å². The molecule has 17 heavy (non-hydrogen) atoms. The van der Waals surface area contributed by atoms with Crippen molar-refractivity contribution in [3.05, 3.63) is 23.8 Å². The van der Waals surface area contributed by atoms with Gasteiger partial charge >= 0.3 is 7.82 Å². The molecule has 0 saturated carbocycles. The van der Waals surface area contributed by atoms with Gasteiger partial charge in [-0.2, -0.15) is 0 Å². The van der Waals surface area contributed by atoms with Gasteiger partial charge in [0, 0.05) is 5.41 Å². The first-order chi connectivity index (χ1) is 8.11. The van der Waals surface area contributed by atoms with Gasteiger partial charge in [0.15, 0.2) is 0 Å². The Kier molecular flexibility index (Phi) is 9.65. The number of phosphoric ester groups is 1. The summed E-state index contributed by atoms with van der Waals surface area (Å²) in [6.45, 7) is 9.69. The van der Waals surface area contributed by atoms with E-state index in [4.69, 9.17) is 13.6 Å². The Balaban J connectivity index is 4.53. The van der Waals surface area contributed by atoms with Crippen molar-refractivity contribution in [2.45, 2.75) is 27.2 Å². The molecule has 0 fully saturated rings. The van der Waals surface area contributed by atoms with Gasteiger partial charge in [0.05, 0.1) is 13.2 Å². The lowest BCUT2D eigenvalue weighted by atomic mass is 10.6. The van der Waals surface area contributed by atoms with Gasteiger partial charge in [-0.3, -0.25) is 9.05 Å². The van der Waals surface area contributed by atoms with Crippen LogP contribution in [0.2, 0.25) is 0 Å². The van der Waals surface area contributed by atoms with E-state index >= 15 is 0 Å². The van der Waals surface area contributed by atoms with E-state index in [1.807, 2.05) is 0 Å². The summed E-state index contributed by atoms with van der Waals surface area (Å²) in [5.74, 6) is 1.38. The maximum atomic E-state index is 12.1. The Morgan fingerprint density at radius 1 is 1.29 bits per heavy atom. The molecule has 0 heterocycles. The molecule has 0 amide bonds. The van der Waals surface area contributed by atoms with Crippen molar-refractivity contribution < 1.29 is 18.1 Å². The molecule has 6 heteroatoms. The molecule has 0 aromatic heterocycles. The third-order valence-corrected chi connectivity index (χ3v) is 4.14. The zero-order chi connectivity index (χ0) is 13.1. The predicted molar refractivity (Wildman–Crippen MR) is 73.0 cm³/mol. The van der Waals surface area contributed by atoms with Crippen LogP contribution in [-0.2, 0) is 18.1 Å². The molecular weight excluding hydrogens is 259 g/mol. The standard InChI is InChI=1S/C11H21O4PS/c1-5-9-17-10-11(6-2)15-16(12,13-7-3)14-8-4/h6,10H,2,5,7-9H2,1,3-4H3/b11-10-. The first-order valence-electron chi connectivity index (χ1n) is 5.64. The van der Waals surface area contributed by atoms with E-state index in [2.05, 4.69) is 13.5 Å². The lowest BCUT2D eigenvalue weighted by Gasteiger charge is -2.17. The van der Waals surface area contributed by atoms with E-state index in [-0.39, 0.29) is 13.2 Å². The molecule has 0 aliphatic carbocycles. The van der Waals surface area contributed by atoms with Gasteiger partial charge in [-0.1, -0.05) is 13.5 Å². The summed E-state index contributed by atoms with van der Waals surface area (Å²) in [6.07, 6.45) is 2.55. The summed E-state index contributed by atoms with van der Waals surface area (Å²) in [6, 6.07) is 0. The molecule has 0 radical (unpaired) electrons. The molecule has 0 aliphatic rings. The van der Waals surface area contributed by atoms with Crippen LogP contribution in [0.25, 0.3) is 0 Å². The molecule has 100 valence electrons. The largest absolute Gasteiger partial charge is 0.530 e. The number of phosphoric acid groups is 1. The molecule has 0 saturated heterocycles. The van der Waals surface area contributed by atoms with Crippen LogP contribution >= 0.6 is 19.6 Å². The van der Waals surface area contributed by atoms with Gasteiger partial charge in [0.2, 0.25) is 0 Å². The van der Waals surface area contributed by atoms with Crippen LogP contribution in [0, 0.1) is 0 Å². The minimum Gasteiger partial charge on any atom is -0.403 e. The monoisotopic (exact) mass is 280 g/mol. The van der Waals surface area contributed by atoms with Gasteiger partial charge in [0.25, 0.3) is 0 Å². The molecule has 0 atom stereocenters. The number of thioether (sulfide) groups is 1. The van der Waals surface area contributed by atoms with Crippen molar-refractivity contribution in [3.8, 4) is 0 Å². The minimum atomic E-state index is -3.49. The van der Waals surface area contributed by atoms with Crippen molar-refractivity contribution in [2.75, 3.05) is 19.0 Å². The van der Waals surface area contributed by atoms with Crippen LogP contribution in [-0.4, -0.2) is 19.0 Å². The fourth-order valence-corrected chi connectivity index (χ4v) is 2.83. The Bertz CT molecular complexity index is 281. The fraction of sp³-hybridized carbons (Fsp3) is 0.636. The van der Waals surface area contributed by atoms with Crippen molar-refractivity contribution in [2.24, 2.45) is 0 Å². The minimum absolute atomic E-state index is 0.268. The first-order valence-corrected chi connectivity index (χ1v) is 8.15. The van der Waals surface area contributed by atoms with Gasteiger partial charge in [-0.15, -0.1) is 11.8 Å². The van der Waals surface area contributed by atoms with Gasteiger partial charge in [0.1, 0.15) is 5.76 Å². The maximum Gasteiger partial charge on any atom is 0.530 e. The molecular formula is C11H21O4PS. The highest BCUT2D eigenvalue weighted by Crippen LogP contribution is 2.51. The van der Waals surface area contributed by atoms with Crippen LogP contribution < -0.4 is 0 Å². The summed E-state index contributed by atoms with van der Waals surface area (Å²) >= 11 is 1.57. The Hall–Kier alpha value is -0.220. The maximum absolute atomic E-state index is 12.1. The topological polar surface area (TPSA) is 44.8 Å². The molecule has 0 N–H and O–H groups in total.